The monoisotopic (exact) mass is 557 g/mol. The van der Waals surface area contributed by atoms with Crippen LogP contribution in [0.2, 0.25) is 5.02 Å². The normalized spacial score (nSPS) is 13.8. The fourth-order valence-corrected chi connectivity index (χ4v) is 4.70. The van der Waals surface area contributed by atoms with E-state index in [0.29, 0.717) is 22.7 Å². The maximum absolute atomic E-state index is 14.3. The molecule has 0 saturated carbocycles. The number of carbonyl (C=O) groups is 3. The van der Waals surface area contributed by atoms with E-state index in [1.165, 1.54) is 0 Å². The van der Waals surface area contributed by atoms with E-state index >= 15 is 0 Å². The van der Waals surface area contributed by atoms with Gasteiger partial charge in [0.05, 0.1) is 10.7 Å². The van der Waals surface area contributed by atoms with Crippen LogP contribution < -0.4 is 10.6 Å². The van der Waals surface area contributed by atoms with Crippen LogP contribution in [-0.2, 0) is 14.3 Å². The molecule has 39 heavy (non-hydrogen) atoms. The molecule has 0 aromatic heterocycles. The average Bonchev–Trinajstić information content (AvgIpc) is 2.83. The molecule has 3 amide bonds. The highest BCUT2D eigenvalue weighted by molar-refractivity contribution is 6.34. The number of carbonyl (C=O) groups excluding carboxylic acids is 3. The zero-order valence-corrected chi connectivity index (χ0v) is 25.7. The Kier molecular flexibility index (Phi) is 11.0. The van der Waals surface area contributed by atoms with E-state index in [-0.39, 0.29) is 23.8 Å². The molecular weight excluding hydrogens is 514 g/mol. The van der Waals surface area contributed by atoms with Crippen molar-refractivity contribution in [1.82, 2.24) is 10.2 Å². The second kappa shape index (κ2) is 13.3. The van der Waals surface area contributed by atoms with Crippen molar-refractivity contribution in [2.24, 2.45) is 5.92 Å². The Bertz CT molecular complexity index is 1170. The Morgan fingerprint density at radius 1 is 0.974 bits per heavy atom. The highest BCUT2D eigenvalue weighted by atomic mass is 35.5. The summed E-state index contributed by atoms with van der Waals surface area (Å²) in [4.78, 5) is 42.8. The summed E-state index contributed by atoms with van der Waals surface area (Å²) in [6, 6.07) is 8.89. The molecule has 3 atom stereocenters. The molecule has 7 nitrogen and oxygen atoms in total. The first-order valence-electron chi connectivity index (χ1n) is 13.5. The van der Waals surface area contributed by atoms with Crippen molar-refractivity contribution in [1.29, 1.82) is 0 Å². The average molecular weight is 558 g/mol. The van der Waals surface area contributed by atoms with E-state index in [0.717, 1.165) is 16.7 Å². The smallest absolute Gasteiger partial charge is 0.408 e. The van der Waals surface area contributed by atoms with Gasteiger partial charge in [-0.05, 0) is 89.6 Å². The van der Waals surface area contributed by atoms with Crippen LogP contribution in [0.25, 0.3) is 0 Å². The first-order chi connectivity index (χ1) is 18.1. The minimum Gasteiger partial charge on any atom is -0.444 e. The first-order valence-corrected chi connectivity index (χ1v) is 13.9. The topological polar surface area (TPSA) is 87.7 Å². The number of rotatable bonds is 9. The molecule has 0 spiro atoms. The Morgan fingerprint density at radius 2 is 1.56 bits per heavy atom. The van der Waals surface area contributed by atoms with Gasteiger partial charge < -0.3 is 20.3 Å². The third-order valence-corrected chi connectivity index (χ3v) is 7.21. The maximum Gasteiger partial charge on any atom is 0.408 e. The van der Waals surface area contributed by atoms with Crippen molar-refractivity contribution in [2.45, 2.75) is 99.4 Å². The maximum atomic E-state index is 14.3. The lowest BCUT2D eigenvalue weighted by molar-refractivity contribution is -0.144. The predicted octanol–water partition coefficient (Wildman–Crippen LogP) is 7.12. The zero-order chi connectivity index (χ0) is 29.7. The zero-order valence-electron chi connectivity index (χ0n) is 24.9. The summed E-state index contributed by atoms with van der Waals surface area (Å²) in [7, 11) is 0. The molecule has 214 valence electrons. The third kappa shape index (κ3) is 8.21. The number of nitrogens with zero attached hydrogens (tertiary/aromatic N) is 1. The summed E-state index contributed by atoms with van der Waals surface area (Å²) in [5.41, 5.74) is 3.20. The first kappa shape index (κ1) is 32.2. The van der Waals surface area contributed by atoms with Gasteiger partial charge >= 0.3 is 6.09 Å². The van der Waals surface area contributed by atoms with Crippen molar-refractivity contribution < 1.29 is 19.1 Å². The lowest BCUT2D eigenvalue weighted by Gasteiger charge is -2.39. The van der Waals surface area contributed by atoms with Crippen LogP contribution in [0.5, 0.6) is 0 Å². The molecule has 0 aliphatic rings. The van der Waals surface area contributed by atoms with Crippen molar-refractivity contribution in [3.63, 3.8) is 0 Å². The Morgan fingerprint density at radius 3 is 2.10 bits per heavy atom. The van der Waals surface area contributed by atoms with Gasteiger partial charge in [-0.1, -0.05) is 62.2 Å². The number of alkyl carbamates (subject to hydrolysis) is 1. The van der Waals surface area contributed by atoms with Crippen LogP contribution in [0.4, 0.5) is 10.5 Å². The number of benzene rings is 2. The van der Waals surface area contributed by atoms with Gasteiger partial charge in [0.25, 0.3) is 5.91 Å². The molecule has 2 aromatic rings. The van der Waals surface area contributed by atoms with Gasteiger partial charge in [0.1, 0.15) is 17.7 Å². The number of nitrogens with one attached hydrogen (secondary N) is 2. The molecular formula is C31H44ClN3O4. The highest BCUT2D eigenvalue weighted by Gasteiger charge is 2.40. The van der Waals surface area contributed by atoms with Crippen molar-refractivity contribution in [3.8, 4) is 0 Å². The number of para-hydroxylation sites is 1. The van der Waals surface area contributed by atoms with Crippen LogP contribution in [0, 0.1) is 26.7 Å². The molecule has 0 fully saturated rings. The van der Waals surface area contributed by atoms with E-state index < -0.39 is 23.8 Å². The molecule has 2 rings (SSSR count). The number of amides is 3. The van der Waals surface area contributed by atoms with Gasteiger partial charge in [-0.3, -0.25) is 9.59 Å². The summed E-state index contributed by atoms with van der Waals surface area (Å²) in [5.74, 6) is -0.955. The molecule has 0 bridgehead atoms. The summed E-state index contributed by atoms with van der Waals surface area (Å²) in [6.07, 6.45) is -0.0404. The molecule has 0 saturated heterocycles. The van der Waals surface area contributed by atoms with E-state index in [9.17, 15) is 14.4 Å². The lowest BCUT2D eigenvalue weighted by atomic mass is 9.92. The largest absolute Gasteiger partial charge is 0.444 e. The minimum absolute atomic E-state index is 0.209. The van der Waals surface area contributed by atoms with E-state index in [4.69, 9.17) is 16.3 Å². The second-order valence-corrected chi connectivity index (χ2v) is 11.9. The standard InChI is InChI=1S/C31H44ClN3O4/c1-11-19(4)26(34-30(38)39-31(8,9)10)29(37)35(18(2)3)27(23-16-12-14-20(5)22(23)7)28(36)33-25-21(6)15-13-17-24(25)32/h12-19,26-27H,11H2,1-10H3,(H,33,36)(H,34,38). The molecule has 0 heterocycles. The third-order valence-electron chi connectivity index (χ3n) is 6.90. The molecule has 8 heteroatoms. The van der Waals surface area contributed by atoms with Crippen molar-refractivity contribution >= 4 is 35.2 Å². The summed E-state index contributed by atoms with van der Waals surface area (Å²) in [5, 5.41) is 6.20. The molecule has 2 N–H and O–H groups in total. The van der Waals surface area contributed by atoms with Crippen molar-refractivity contribution in [3.05, 3.63) is 63.7 Å². The van der Waals surface area contributed by atoms with Gasteiger partial charge in [-0.15, -0.1) is 0 Å². The number of hydrogen-bond acceptors (Lipinski definition) is 4. The van der Waals surface area contributed by atoms with Gasteiger partial charge in [-0.25, -0.2) is 4.79 Å². The van der Waals surface area contributed by atoms with Crippen LogP contribution in [0.3, 0.4) is 0 Å². The minimum atomic E-state index is -0.972. The van der Waals surface area contributed by atoms with Gasteiger partial charge in [0, 0.05) is 6.04 Å². The van der Waals surface area contributed by atoms with E-state index in [1.54, 1.807) is 31.7 Å². The highest BCUT2D eigenvalue weighted by Crippen LogP contribution is 2.33. The summed E-state index contributed by atoms with van der Waals surface area (Å²) >= 11 is 6.45. The Hall–Kier alpha value is -3.06. The number of aryl methyl sites for hydroxylation is 2. The molecule has 0 radical (unpaired) electrons. The number of hydrogen-bond donors (Lipinski definition) is 2. The number of anilines is 1. The lowest BCUT2D eigenvalue weighted by Crippen LogP contribution is -2.56. The van der Waals surface area contributed by atoms with Gasteiger partial charge in [-0.2, -0.15) is 0 Å². The van der Waals surface area contributed by atoms with E-state index in [2.05, 4.69) is 10.6 Å². The van der Waals surface area contributed by atoms with Gasteiger partial charge in [0.2, 0.25) is 5.91 Å². The predicted molar refractivity (Wildman–Crippen MR) is 158 cm³/mol. The fraction of sp³-hybridized carbons (Fsp3) is 0.516. The van der Waals surface area contributed by atoms with Crippen LogP contribution >= 0.6 is 11.6 Å². The summed E-state index contributed by atoms with van der Waals surface area (Å²) < 4.78 is 5.47. The number of ether oxygens (including phenoxy) is 1. The van der Waals surface area contributed by atoms with Crippen LogP contribution in [0.1, 0.15) is 83.2 Å². The Balaban J connectivity index is 2.65. The molecule has 0 aliphatic carbocycles. The van der Waals surface area contributed by atoms with Crippen LogP contribution in [-0.4, -0.2) is 40.5 Å². The van der Waals surface area contributed by atoms with E-state index in [1.807, 2.05) is 78.8 Å². The fourth-order valence-electron chi connectivity index (χ4n) is 4.43. The Labute approximate surface area is 238 Å². The quantitative estimate of drug-likeness (QED) is 0.343. The summed E-state index contributed by atoms with van der Waals surface area (Å²) in [6.45, 7) is 18.7. The SMILES string of the molecule is CCC(C)C(NC(=O)OC(C)(C)C)C(=O)N(C(C)C)C(C(=O)Nc1c(C)cccc1Cl)c1cccc(C)c1C. The molecule has 3 unspecified atom stereocenters. The second-order valence-electron chi connectivity index (χ2n) is 11.5. The number of halogens is 1. The molecule has 2 aromatic carbocycles. The van der Waals surface area contributed by atoms with Crippen LogP contribution in [0.15, 0.2) is 36.4 Å². The molecule has 0 aliphatic heterocycles. The van der Waals surface area contributed by atoms with Gasteiger partial charge in [0.15, 0.2) is 0 Å². The van der Waals surface area contributed by atoms with Crippen molar-refractivity contribution in [2.75, 3.05) is 5.32 Å².